The molecular weight excluding hydrogens is 494 g/mol. The summed E-state index contributed by atoms with van der Waals surface area (Å²) in [5.41, 5.74) is 1.67. The van der Waals surface area contributed by atoms with E-state index in [4.69, 9.17) is 21.1 Å². The Morgan fingerprint density at radius 3 is 2.34 bits per heavy atom. The maximum Gasteiger partial charge on any atom is 0.265 e. The van der Waals surface area contributed by atoms with Gasteiger partial charge in [0.05, 0.1) is 35.9 Å². The molecule has 1 heterocycles. The van der Waals surface area contributed by atoms with Crippen molar-refractivity contribution in [3.05, 3.63) is 52.5 Å². The van der Waals surface area contributed by atoms with Crippen molar-refractivity contribution in [3.8, 4) is 0 Å². The zero-order valence-corrected chi connectivity index (χ0v) is 21.8. The molecule has 35 heavy (non-hydrogen) atoms. The molecule has 1 aliphatic rings. The predicted octanol–water partition coefficient (Wildman–Crippen LogP) is 2.98. The number of fused-ring (bicyclic) bond motifs is 1. The number of benzene rings is 2. The zero-order chi connectivity index (χ0) is 25.8. The van der Waals surface area contributed by atoms with Crippen molar-refractivity contribution < 1.29 is 27.5 Å². The molecule has 0 saturated heterocycles. The fourth-order valence-electron chi connectivity index (χ4n) is 3.93. The number of carbonyl (C=O) groups is 2. The first-order valence-electron chi connectivity index (χ1n) is 11.1. The van der Waals surface area contributed by atoms with E-state index in [1.807, 2.05) is 0 Å². The van der Waals surface area contributed by atoms with Gasteiger partial charge in [-0.15, -0.1) is 0 Å². The molecule has 2 amide bonds. The van der Waals surface area contributed by atoms with E-state index in [-0.39, 0.29) is 36.0 Å². The van der Waals surface area contributed by atoms with Crippen LogP contribution in [0.4, 0.5) is 11.4 Å². The van der Waals surface area contributed by atoms with Crippen molar-refractivity contribution in [3.63, 3.8) is 0 Å². The molecule has 190 valence electrons. The van der Waals surface area contributed by atoms with Crippen molar-refractivity contribution in [2.45, 2.75) is 31.2 Å². The number of anilines is 2. The Bertz CT molecular complexity index is 1200. The highest BCUT2D eigenvalue weighted by atomic mass is 35.5. The number of nitrogens with zero attached hydrogens (tertiary/aromatic N) is 2. The van der Waals surface area contributed by atoms with Crippen LogP contribution in [0, 0.1) is 13.8 Å². The van der Waals surface area contributed by atoms with Gasteiger partial charge in [0, 0.05) is 32.3 Å². The number of hydrogen-bond donors (Lipinski definition) is 1. The zero-order valence-electron chi connectivity index (χ0n) is 20.2. The Labute approximate surface area is 211 Å². The minimum absolute atomic E-state index is 0.0250. The average molecular weight is 524 g/mol. The van der Waals surface area contributed by atoms with Crippen LogP contribution in [-0.4, -0.2) is 71.7 Å². The van der Waals surface area contributed by atoms with Crippen LogP contribution >= 0.6 is 11.6 Å². The van der Waals surface area contributed by atoms with E-state index in [1.54, 1.807) is 44.2 Å². The molecule has 0 fully saturated rings. The summed E-state index contributed by atoms with van der Waals surface area (Å²) in [6, 6.07) is 8.39. The maximum atomic E-state index is 14.0. The second-order valence-corrected chi connectivity index (χ2v) is 10.5. The molecule has 2 aromatic carbocycles. The highest BCUT2D eigenvalue weighted by Crippen LogP contribution is 2.38. The van der Waals surface area contributed by atoms with Gasteiger partial charge in [-0.1, -0.05) is 23.7 Å². The molecule has 0 bridgehead atoms. The van der Waals surface area contributed by atoms with Crippen LogP contribution in [0.25, 0.3) is 0 Å². The topological polar surface area (TPSA) is 105 Å². The van der Waals surface area contributed by atoms with Crippen LogP contribution in [0.5, 0.6) is 0 Å². The molecule has 1 atom stereocenters. The number of hydrogen-bond acceptors (Lipinski definition) is 6. The van der Waals surface area contributed by atoms with E-state index in [2.05, 4.69) is 5.32 Å². The van der Waals surface area contributed by atoms with Crippen LogP contribution < -0.4 is 9.62 Å². The number of sulfonamides is 1. The summed E-state index contributed by atoms with van der Waals surface area (Å²) < 4.78 is 39.3. The quantitative estimate of drug-likeness (QED) is 0.513. The summed E-state index contributed by atoms with van der Waals surface area (Å²) >= 11 is 6.20. The number of amides is 2. The number of halogens is 1. The number of nitrogens with one attached hydrogen (secondary N) is 1. The van der Waals surface area contributed by atoms with E-state index in [0.29, 0.717) is 35.1 Å². The van der Waals surface area contributed by atoms with Crippen LogP contribution in [0.2, 0.25) is 5.02 Å². The Hall–Kier alpha value is -2.66. The lowest BCUT2D eigenvalue weighted by molar-refractivity contribution is -0.134. The Morgan fingerprint density at radius 1 is 1.09 bits per heavy atom. The molecule has 0 aromatic heterocycles. The molecule has 1 unspecified atom stereocenters. The predicted molar refractivity (Wildman–Crippen MR) is 134 cm³/mol. The van der Waals surface area contributed by atoms with Crippen molar-refractivity contribution in [1.82, 2.24) is 4.90 Å². The number of para-hydroxylation sites is 2. The molecule has 1 N–H and O–H groups in total. The summed E-state index contributed by atoms with van der Waals surface area (Å²) in [6.45, 7) is 4.51. The molecule has 0 spiro atoms. The first-order valence-corrected chi connectivity index (χ1v) is 12.9. The largest absolute Gasteiger partial charge is 0.383 e. The van der Waals surface area contributed by atoms with Crippen molar-refractivity contribution >= 4 is 44.8 Å². The third-order valence-corrected chi connectivity index (χ3v) is 8.20. The average Bonchev–Trinajstić information content (AvgIpc) is 2.81. The Balaban J connectivity index is 2.07. The minimum atomic E-state index is -4.24. The van der Waals surface area contributed by atoms with Gasteiger partial charge in [-0.25, -0.2) is 8.42 Å². The number of carbonyl (C=O) groups excluding carboxylic acids is 2. The summed E-state index contributed by atoms with van der Waals surface area (Å²) in [5.74, 6) is -0.967. The van der Waals surface area contributed by atoms with Crippen LogP contribution in [0.3, 0.4) is 0 Å². The Morgan fingerprint density at radius 2 is 1.71 bits per heavy atom. The standard InChI is InChI=1S/C24H30ClN3O6S/c1-16-14-22(17(2)13-18(16)25)35(31,32)28-20-8-6-5-7-19(20)26-24(30)21(28)15-23(29)27(9-11-33-3)10-12-34-4/h5-8,13-14,21H,9-12,15H2,1-4H3,(H,26,30). The summed E-state index contributed by atoms with van der Waals surface area (Å²) in [6.07, 6.45) is -0.349. The number of methoxy groups -OCH3 is 2. The van der Waals surface area contributed by atoms with Crippen molar-refractivity contribution in [2.24, 2.45) is 0 Å². The van der Waals surface area contributed by atoms with Gasteiger partial charge in [-0.3, -0.25) is 13.9 Å². The fraction of sp³-hybridized carbons (Fsp3) is 0.417. The highest BCUT2D eigenvalue weighted by Gasteiger charge is 2.43. The molecule has 9 nitrogen and oxygen atoms in total. The first-order chi connectivity index (χ1) is 16.6. The van der Waals surface area contributed by atoms with Gasteiger partial charge >= 0.3 is 0 Å². The van der Waals surface area contributed by atoms with E-state index in [0.717, 1.165) is 4.31 Å². The highest BCUT2D eigenvalue weighted by molar-refractivity contribution is 7.93. The van der Waals surface area contributed by atoms with E-state index in [1.165, 1.54) is 25.2 Å². The van der Waals surface area contributed by atoms with Gasteiger partial charge in [0.2, 0.25) is 11.8 Å². The lowest BCUT2D eigenvalue weighted by atomic mass is 10.1. The summed E-state index contributed by atoms with van der Waals surface area (Å²) in [4.78, 5) is 28.0. The van der Waals surface area contributed by atoms with E-state index >= 15 is 0 Å². The second kappa shape index (κ2) is 11.4. The van der Waals surface area contributed by atoms with Gasteiger partial charge in [-0.05, 0) is 49.2 Å². The smallest absolute Gasteiger partial charge is 0.265 e. The van der Waals surface area contributed by atoms with Gasteiger partial charge in [0.1, 0.15) is 6.04 Å². The molecule has 1 aliphatic heterocycles. The summed E-state index contributed by atoms with van der Waals surface area (Å²) in [7, 11) is -1.19. The number of aryl methyl sites for hydroxylation is 2. The van der Waals surface area contributed by atoms with Gasteiger partial charge < -0.3 is 19.7 Å². The van der Waals surface area contributed by atoms with Crippen LogP contribution in [-0.2, 0) is 29.1 Å². The number of ether oxygens (including phenoxy) is 2. The van der Waals surface area contributed by atoms with Crippen molar-refractivity contribution in [2.75, 3.05) is 50.1 Å². The fourth-order valence-corrected chi connectivity index (χ4v) is 6.08. The molecular formula is C24H30ClN3O6S. The summed E-state index contributed by atoms with van der Waals surface area (Å²) in [5, 5.41) is 3.18. The first kappa shape index (κ1) is 26.9. The van der Waals surface area contributed by atoms with Crippen molar-refractivity contribution in [1.29, 1.82) is 0 Å². The molecule has 0 aliphatic carbocycles. The third-order valence-electron chi connectivity index (χ3n) is 5.83. The lowest BCUT2D eigenvalue weighted by Crippen LogP contribution is -2.53. The second-order valence-electron chi connectivity index (χ2n) is 8.26. The molecule has 0 saturated carbocycles. The Kier molecular flexibility index (Phi) is 8.76. The molecule has 3 rings (SSSR count). The molecule has 2 aromatic rings. The minimum Gasteiger partial charge on any atom is -0.383 e. The molecule has 11 heteroatoms. The van der Waals surface area contributed by atoms with E-state index < -0.39 is 22.0 Å². The SMILES string of the molecule is COCCN(CCOC)C(=O)CC1C(=O)Nc2ccccc2N1S(=O)(=O)c1cc(C)c(Cl)cc1C. The van der Waals surface area contributed by atoms with Gasteiger partial charge in [0.15, 0.2) is 0 Å². The lowest BCUT2D eigenvalue weighted by Gasteiger charge is -2.37. The monoisotopic (exact) mass is 523 g/mol. The maximum absolute atomic E-state index is 14.0. The van der Waals surface area contributed by atoms with Gasteiger partial charge in [0.25, 0.3) is 10.0 Å². The van der Waals surface area contributed by atoms with Gasteiger partial charge in [-0.2, -0.15) is 0 Å². The van der Waals surface area contributed by atoms with E-state index in [9.17, 15) is 18.0 Å². The number of rotatable bonds is 10. The normalized spacial score (nSPS) is 15.5. The van der Waals surface area contributed by atoms with Crippen LogP contribution in [0.15, 0.2) is 41.3 Å². The van der Waals surface area contributed by atoms with Crippen LogP contribution in [0.1, 0.15) is 17.5 Å². The third kappa shape index (κ3) is 5.78. The molecule has 0 radical (unpaired) electrons.